The molecule has 4 heteroatoms. The van der Waals surface area contributed by atoms with E-state index in [2.05, 4.69) is 20.9 Å². The minimum Gasteiger partial charge on any atom is -0.239 e. The molecule has 0 aliphatic rings. The molecule has 0 bridgehead atoms. The van der Waals surface area contributed by atoms with Crippen LogP contribution in [0.2, 0.25) is 10.0 Å². The molecule has 2 aromatic rings. The molecule has 0 unspecified atom stereocenters. The number of nitrogens with zero attached hydrogens (tertiary/aromatic N) is 1. The number of aromatic nitrogens is 1. The van der Waals surface area contributed by atoms with Crippen LogP contribution in [0.4, 0.5) is 0 Å². The maximum absolute atomic E-state index is 6.04. The summed E-state index contributed by atoms with van der Waals surface area (Å²) in [5, 5.41) is 2.21. The molecule has 1 aromatic carbocycles. The fourth-order valence-corrected chi connectivity index (χ4v) is 2.43. The molecule has 0 radical (unpaired) electrons. The standard InChI is InChI=1S/C10H6BrCl2N/c1-5-2-9(11)14-10-7(5)3-6(12)4-8(10)13/h2-4H,1H3. The van der Waals surface area contributed by atoms with E-state index in [4.69, 9.17) is 23.2 Å². The molecule has 0 fully saturated rings. The highest BCUT2D eigenvalue weighted by Gasteiger charge is 2.06. The molecule has 0 N–H and O–H groups in total. The summed E-state index contributed by atoms with van der Waals surface area (Å²) in [4.78, 5) is 4.30. The lowest BCUT2D eigenvalue weighted by Gasteiger charge is -2.04. The van der Waals surface area contributed by atoms with Crippen LogP contribution in [0.5, 0.6) is 0 Å². The van der Waals surface area contributed by atoms with Gasteiger partial charge in [0, 0.05) is 10.4 Å². The summed E-state index contributed by atoms with van der Waals surface area (Å²) < 4.78 is 0.784. The van der Waals surface area contributed by atoms with Gasteiger partial charge in [-0.1, -0.05) is 23.2 Å². The molecule has 0 aliphatic carbocycles. The monoisotopic (exact) mass is 289 g/mol. The van der Waals surface area contributed by atoms with Gasteiger partial charge in [-0.05, 0) is 46.6 Å². The molecule has 0 saturated carbocycles. The SMILES string of the molecule is Cc1cc(Br)nc2c(Cl)cc(Cl)cc12. The van der Waals surface area contributed by atoms with Crippen molar-refractivity contribution in [3.8, 4) is 0 Å². The van der Waals surface area contributed by atoms with E-state index in [9.17, 15) is 0 Å². The molecule has 2 rings (SSSR count). The Bertz CT molecular complexity index is 464. The number of benzene rings is 1. The molecular formula is C10H6BrCl2N. The highest BCUT2D eigenvalue weighted by atomic mass is 79.9. The lowest BCUT2D eigenvalue weighted by atomic mass is 10.1. The van der Waals surface area contributed by atoms with Crippen molar-refractivity contribution in [2.75, 3.05) is 0 Å². The summed E-state index contributed by atoms with van der Waals surface area (Å²) in [7, 11) is 0. The molecule has 14 heavy (non-hydrogen) atoms. The minimum absolute atomic E-state index is 0.580. The van der Waals surface area contributed by atoms with Crippen molar-refractivity contribution < 1.29 is 0 Å². The first-order chi connectivity index (χ1) is 6.58. The molecule has 0 amide bonds. The van der Waals surface area contributed by atoms with Gasteiger partial charge in [0.1, 0.15) is 4.60 Å². The van der Waals surface area contributed by atoms with Crippen LogP contribution in [0.25, 0.3) is 10.9 Å². The van der Waals surface area contributed by atoms with Crippen LogP contribution in [0.15, 0.2) is 22.8 Å². The van der Waals surface area contributed by atoms with Gasteiger partial charge < -0.3 is 0 Å². The summed E-state index contributed by atoms with van der Waals surface area (Å²) in [6.45, 7) is 2.00. The number of fused-ring (bicyclic) bond motifs is 1. The van der Waals surface area contributed by atoms with Crippen molar-refractivity contribution in [1.82, 2.24) is 4.98 Å². The lowest BCUT2D eigenvalue weighted by molar-refractivity contribution is 1.32. The first-order valence-electron chi connectivity index (χ1n) is 4.00. The Hall–Kier alpha value is -0.310. The van der Waals surface area contributed by atoms with E-state index in [1.165, 1.54) is 0 Å². The highest BCUT2D eigenvalue weighted by molar-refractivity contribution is 9.10. The van der Waals surface area contributed by atoms with Gasteiger partial charge in [-0.25, -0.2) is 4.98 Å². The number of hydrogen-bond donors (Lipinski definition) is 0. The van der Waals surface area contributed by atoms with Crippen LogP contribution < -0.4 is 0 Å². The quantitative estimate of drug-likeness (QED) is 0.646. The second-order valence-corrected chi connectivity index (χ2v) is 4.70. The van der Waals surface area contributed by atoms with E-state index in [-0.39, 0.29) is 0 Å². The van der Waals surface area contributed by atoms with Gasteiger partial charge in [-0.2, -0.15) is 0 Å². The van der Waals surface area contributed by atoms with Crippen molar-refractivity contribution in [2.24, 2.45) is 0 Å². The van der Waals surface area contributed by atoms with E-state index < -0.39 is 0 Å². The fraction of sp³-hybridized carbons (Fsp3) is 0.100. The van der Waals surface area contributed by atoms with E-state index >= 15 is 0 Å². The van der Waals surface area contributed by atoms with E-state index in [1.807, 2.05) is 19.1 Å². The normalized spacial score (nSPS) is 10.9. The number of hydrogen-bond acceptors (Lipinski definition) is 1. The average Bonchev–Trinajstić information content (AvgIpc) is 2.07. The Morgan fingerprint density at radius 3 is 2.64 bits per heavy atom. The van der Waals surface area contributed by atoms with Crippen molar-refractivity contribution in [2.45, 2.75) is 6.92 Å². The second kappa shape index (κ2) is 3.69. The summed E-state index contributed by atoms with van der Waals surface area (Å²) >= 11 is 15.3. The van der Waals surface area contributed by atoms with Crippen LogP contribution in [0.1, 0.15) is 5.56 Å². The van der Waals surface area contributed by atoms with Gasteiger partial charge >= 0.3 is 0 Å². The Kier molecular flexibility index (Phi) is 2.69. The second-order valence-electron chi connectivity index (χ2n) is 3.05. The molecule has 0 atom stereocenters. The molecule has 1 nitrogen and oxygen atoms in total. The summed E-state index contributed by atoms with van der Waals surface area (Å²) in [6, 6.07) is 5.51. The first-order valence-corrected chi connectivity index (χ1v) is 5.55. The number of halogens is 3. The molecule has 0 aliphatic heterocycles. The predicted octanol–water partition coefficient (Wildman–Crippen LogP) is 4.61. The zero-order valence-corrected chi connectivity index (χ0v) is 10.4. The Morgan fingerprint density at radius 1 is 1.21 bits per heavy atom. The van der Waals surface area contributed by atoms with Gasteiger partial charge in [-0.3, -0.25) is 0 Å². The highest BCUT2D eigenvalue weighted by Crippen LogP contribution is 2.29. The Labute approximate surface area is 100 Å². The zero-order valence-electron chi connectivity index (χ0n) is 7.31. The zero-order chi connectivity index (χ0) is 10.3. The Balaban J connectivity index is 2.94. The third kappa shape index (κ3) is 1.74. The van der Waals surface area contributed by atoms with E-state index in [1.54, 1.807) is 6.07 Å². The third-order valence-electron chi connectivity index (χ3n) is 2.01. The molecule has 1 heterocycles. The topological polar surface area (TPSA) is 12.9 Å². The maximum Gasteiger partial charge on any atom is 0.107 e. The summed E-state index contributed by atoms with van der Waals surface area (Å²) in [5.74, 6) is 0. The van der Waals surface area contributed by atoms with Gasteiger partial charge in [-0.15, -0.1) is 0 Å². The van der Waals surface area contributed by atoms with Crippen molar-refractivity contribution >= 4 is 50.0 Å². The largest absolute Gasteiger partial charge is 0.239 e. The third-order valence-corrected chi connectivity index (χ3v) is 2.92. The molecular weight excluding hydrogens is 285 g/mol. The Morgan fingerprint density at radius 2 is 1.93 bits per heavy atom. The number of aryl methyl sites for hydroxylation is 1. The van der Waals surface area contributed by atoms with Crippen molar-refractivity contribution in [3.05, 3.63) is 38.4 Å². The van der Waals surface area contributed by atoms with Gasteiger partial charge in [0.15, 0.2) is 0 Å². The number of rotatable bonds is 0. The van der Waals surface area contributed by atoms with E-state index in [0.29, 0.717) is 10.0 Å². The number of pyridine rings is 1. The van der Waals surface area contributed by atoms with Gasteiger partial charge in [0.25, 0.3) is 0 Å². The molecule has 0 saturated heterocycles. The average molecular weight is 291 g/mol. The predicted molar refractivity (Wildman–Crippen MR) is 64.2 cm³/mol. The van der Waals surface area contributed by atoms with Gasteiger partial charge in [0.2, 0.25) is 0 Å². The summed E-state index contributed by atoms with van der Waals surface area (Å²) in [5.41, 5.74) is 1.88. The molecule has 0 spiro atoms. The van der Waals surface area contributed by atoms with Crippen LogP contribution in [-0.4, -0.2) is 4.98 Å². The minimum atomic E-state index is 0.580. The lowest BCUT2D eigenvalue weighted by Crippen LogP contribution is -1.85. The molecule has 72 valence electrons. The van der Waals surface area contributed by atoms with Crippen molar-refractivity contribution in [3.63, 3.8) is 0 Å². The van der Waals surface area contributed by atoms with E-state index in [0.717, 1.165) is 21.1 Å². The van der Waals surface area contributed by atoms with Crippen LogP contribution in [0, 0.1) is 6.92 Å². The van der Waals surface area contributed by atoms with Crippen LogP contribution in [-0.2, 0) is 0 Å². The van der Waals surface area contributed by atoms with Crippen molar-refractivity contribution in [1.29, 1.82) is 0 Å². The summed E-state index contributed by atoms with van der Waals surface area (Å²) in [6.07, 6.45) is 0. The smallest absolute Gasteiger partial charge is 0.107 e. The maximum atomic E-state index is 6.04. The fourth-order valence-electron chi connectivity index (χ4n) is 1.38. The van der Waals surface area contributed by atoms with Gasteiger partial charge in [0.05, 0.1) is 10.5 Å². The van der Waals surface area contributed by atoms with Crippen LogP contribution in [0.3, 0.4) is 0 Å². The molecule has 1 aromatic heterocycles. The van der Waals surface area contributed by atoms with Crippen LogP contribution >= 0.6 is 39.1 Å². The first kappa shape index (κ1) is 10.2.